The van der Waals surface area contributed by atoms with Crippen molar-refractivity contribution in [3.8, 4) is 11.1 Å². The van der Waals surface area contributed by atoms with Crippen LogP contribution in [0.15, 0.2) is 42.5 Å². The zero-order valence-electron chi connectivity index (χ0n) is 9.49. The van der Waals surface area contributed by atoms with Crippen molar-refractivity contribution in [2.45, 2.75) is 5.33 Å². The van der Waals surface area contributed by atoms with Gasteiger partial charge in [0, 0.05) is 10.9 Å². The van der Waals surface area contributed by atoms with Gasteiger partial charge >= 0.3 is 0 Å². The number of hydrogen-bond donors (Lipinski definition) is 1. The fourth-order valence-corrected chi connectivity index (χ4v) is 2.23. The molecule has 18 heavy (non-hydrogen) atoms. The van der Waals surface area contributed by atoms with Crippen molar-refractivity contribution in [2.75, 3.05) is 0 Å². The van der Waals surface area contributed by atoms with E-state index in [0.29, 0.717) is 10.9 Å². The lowest BCUT2D eigenvalue weighted by molar-refractivity contribution is 0.100. The number of amides is 1. The normalized spacial score (nSPS) is 10.3. The minimum atomic E-state index is -0.473. The maximum absolute atomic E-state index is 12.9. The molecule has 0 heterocycles. The standard InChI is InChI=1S/C14H11BrFNO/c15-8-11-2-1-10(14(17)18)7-13(11)9-3-5-12(16)6-4-9/h1-7H,8H2,(H2,17,18). The predicted molar refractivity (Wildman–Crippen MR) is 73.0 cm³/mol. The Morgan fingerprint density at radius 2 is 1.83 bits per heavy atom. The van der Waals surface area contributed by atoms with E-state index in [0.717, 1.165) is 16.7 Å². The van der Waals surface area contributed by atoms with Crippen LogP contribution in [0.2, 0.25) is 0 Å². The molecule has 2 aromatic rings. The van der Waals surface area contributed by atoms with E-state index in [4.69, 9.17) is 5.73 Å². The topological polar surface area (TPSA) is 43.1 Å². The first kappa shape index (κ1) is 12.8. The lowest BCUT2D eigenvalue weighted by Gasteiger charge is -2.09. The minimum absolute atomic E-state index is 0.287. The van der Waals surface area contributed by atoms with Gasteiger partial charge in [-0.25, -0.2) is 4.39 Å². The Labute approximate surface area is 113 Å². The number of alkyl halides is 1. The summed E-state index contributed by atoms with van der Waals surface area (Å²) < 4.78 is 12.9. The molecule has 0 aliphatic carbocycles. The Bertz CT molecular complexity index is 581. The zero-order valence-corrected chi connectivity index (χ0v) is 11.1. The lowest BCUT2D eigenvalue weighted by atomic mass is 9.98. The maximum atomic E-state index is 12.9. The average molecular weight is 308 g/mol. The molecule has 0 aliphatic heterocycles. The largest absolute Gasteiger partial charge is 0.366 e. The molecule has 1 amide bonds. The van der Waals surface area contributed by atoms with E-state index in [1.165, 1.54) is 12.1 Å². The van der Waals surface area contributed by atoms with Crippen LogP contribution in [0.4, 0.5) is 4.39 Å². The molecule has 0 saturated carbocycles. The molecule has 2 N–H and O–H groups in total. The highest BCUT2D eigenvalue weighted by Crippen LogP contribution is 2.27. The maximum Gasteiger partial charge on any atom is 0.248 e. The van der Waals surface area contributed by atoms with E-state index in [1.54, 1.807) is 24.3 Å². The van der Waals surface area contributed by atoms with Gasteiger partial charge in [0.05, 0.1) is 0 Å². The molecule has 2 nitrogen and oxygen atoms in total. The van der Waals surface area contributed by atoms with Crippen molar-refractivity contribution in [3.05, 3.63) is 59.4 Å². The van der Waals surface area contributed by atoms with Crippen LogP contribution in [0, 0.1) is 5.82 Å². The second-order valence-electron chi connectivity index (χ2n) is 3.88. The summed E-state index contributed by atoms with van der Waals surface area (Å²) in [5, 5.41) is 0.652. The van der Waals surface area contributed by atoms with Gasteiger partial charge in [-0.2, -0.15) is 0 Å². The summed E-state index contributed by atoms with van der Waals surface area (Å²) in [4.78, 5) is 11.2. The van der Waals surface area contributed by atoms with Crippen molar-refractivity contribution in [3.63, 3.8) is 0 Å². The fourth-order valence-electron chi connectivity index (χ4n) is 1.74. The van der Waals surface area contributed by atoms with Crippen molar-refractivity contribution in [2.24, 2.45) is 5.73 Å². The van der Waals surface area contributed by atoms with Crippen molar-refractivity contribution < 1.29 is 9.18 Å². The molecule has 0 atom stereocenters. The summed E-state index contributed by atoms with van der Waals surface area (Å²) in [6.07, 6.45) is 0. The molecule has 0 spiro atoms. The summed E-state index contributed by atoms with van der Waals surface area (Å²) in [6, 6.07) is 11.4. The van der Waals surface area contributed by atoms with E-state index in [9.17, 15) is 9.18 Å². The van der Waals surface area contributed by atoms with Crippen LogP contribution in [0.1, 0.15) is 15.9 Å². The predicted octanol–water partition coefficient (Wildman–Crippen LogP) is 3.49. The number of carbonyl (C=O) groups is 1. The van der Waals surface area contributed by atoms with Crippen LogP contribution in [0.25, 0.3) is 11.1 Å². The molecule has 2 rings (SSSR count). The number of hydrogen-bond acceptors (Lipinski definition) is 1. The molecular weight excluding hydrogens is 297 g/mol. The molecule has 0 radical (unpaired) electrons. The third-order valence-corrected chi connectivity index (χ3v) is 3.30. The number of carbonyl (C=O) groups excluding carboxylic acids is 1. The van der Waals surface area contributed by atoms with E-state index in [1.807, 2.05) is 6.07 Å². The fraction of sp³-hybridized carbons (Fsp3) is 0.0714. The SMILES string of the molecule is NC(=O)c1ccc(CBr)c(-c2ccc(F)cc2)c1. The van der Waals surface area contributed by atoms with Gasteiger partial charge in [0.1, 0.15) is 5.82 Å². The second-order valence-corrected chi connectivity index (χ2v) is 4.44. The molecule has 0 unspecified atom stereocenters. The van der Waals surface area contributed by atoms with Gasteiger partial charge in [0.15, 0.2) is 0 Å². The molecule has 92 valence electrons. The molecule has 0 aliphatic rings. The molecule has 4 heteroatoms. The van der Waals surface area contributed by atoms with Crippen LogP contribution in [0.3, 0.4) is 0 Å². The zero-order chi connectivity index (χ0) is 13.1. The number of nitrogens with two attached hydrogens (primary N) is 1. The van der Waals surface area contributed by atoms with E-state index in [-0.39, 0.29) is 5.82 Å². The second kappa shape index (κ2) is 5.31. The molecule has 0 bridgehead atoms. The van der Waals surface area contributed by atoms with Crippen molar-refractivity contribution >= 4 is 21.8 Å². The third kappa shape index (κ3) is 2.59. The van der Waals surface area contributed by atoms with E-state index in [2.05, 4.69) is 15.9 Å². The van der Waals surface area contributed by atoms with Gasteiger partial charge in [-0.3, -0.25) is 4.79 Å². The lowest BCUT2D eigenvalue weighted by Crippen LogP contribution is -2.11. The van der Waals surface area contributed by atoms with Crippen molar-refractivity contribution in [1.82, 2.24) is 0 Å². The van der Waals surface area contributed by atoms with Crippen LogP contribution in [0.5, 0.6) is 0 Å². The minimum Gasteiger partial charge on any atom is -0.366 e. The molecule has 0 saturated heterocycles. The van der Waals surface area contributed by atoms with Gasteiger partial charge in [-0.05, 0) is 41.0 Å². The van der Waals surface area contributed by atoms with Gasteiger partial charge in [0.2, 0.25) is 5.91 Å². The Morgan fingerprint density at radius 1 is 1.17 bits per heavy atom. The van der Waals surface area contributed by atoms with Gasteiger partial charge in [-0.1, -0.05) is 34.1 Å². The Morgan fingerprint density at radius 3 is 2.39 bits per heavy atom. The summed E-state index contributed by atoms with van der Waals surface area (Å²) in [7, 11) is 0. The molecule has 2 aromatic carbocycles. The van der Waals surface area contributed by atoms with E-state index < -0.39 is 5.91 Å². The van der Waals surface area contributed by atoms with Gasteiger partial charge in [-0.15, -0.1) is 0 Å². The summed E-state index contributed by atoms with van der Waals surface area (Å²) in [6.45, 7) is 0. The number of halogens is 2. The highest BCUT2D eigenvalue weighted by Gasteiger charge is 2.08. The molecule has 0 fully saturated rings. The summed E-state index contributed by atoms with van der Waals surface area (Å²) in [5.74, 6) is -0.760. The third-order valence-electron chi connectivity index (χ3n) is 2.69. The quantitative estimate of drug-likeness (QED) is 0.867. The monoisotopic (exact) mass is 307 g/mol. The number of rotatable bonds is 3. The Balaban J connectivity index is 2.56. The summed E-state index contributed by atoms with van der Waals surface area (Å²) in [5.41, 5.74) is 8.46. The van der Waals surface area contributed by atoms with Crippen LogP contribution < -0.4 is 5.73 Å². The Hall–Kier alpha value is -1.68. The highest BCUT2D eigenvalue weighted by molar-refractivity contribution is 9.08. The molecular formula is C14H11BrFNO. The first-order valence-corrected chi connectivity index (χ1v) is 6.48. The smallest absolute Gasteiger partial charge is 0.248 e. The number of benzene rings is 2. The first-order valence-electron chi connectivity index (χ1n) is 5.36. The van der Waals surface area contributed by atoms with Gasteiger partial charge in [0.25, 0.3) is 0 Å². The van der Waals surface area contributed by atoms with Crippen LogP contribution in [-0.4, -0.2) is 5.91 Å². The highest BCUT2D eigenvalue weighted by atomic mass is 79.9. The molecule has 0 aromatic heterocycles. The average Bonchev–Trinajstić information content (AvgIpc) is 2.39. The van der Waals surface area contributed by atoms with Crippen LogP contribution in [-0.2, 0) is 5.33 Å². The van der Waals surface area contributed by atoms with Gasteiger partial charge < -0.3 is 5.73 Å². The van der Waals surface area contributed by atoms with Crippen LogP contribution >= 0.6 is 15.9 Å². The number of primary amides is 1. The van der Waals surface area contributed by atoms with E-state index >= 15 is 0 Å². The first-order chi connectivity index (χ1) is 8.61. The Kier molecular flexibility index (Phi) is 3.77. The summed E-state index contributed by atoms with van der Waals surface area (Å²) >= 11 is 3.39. The van der Waals surface area contributed by atoms with Crippen molar-refractivity contribution in [1.29, 1.82) is 0 Å².